The Balaban J connectivity index is 2.12. The van der Waals surface area contributed by atoms with E-state index in [1.807, 2.05) is 18.2 Å². The first-order chi connectivity index (χ1) is 14.5. The van der Waals surface area contributed by atoms with E-state index in [1.54, 1.807) is 24.5 Å². The summed E-state index contributed by atoms with van der Waals surface area (Å²) in [5.41, 5.74) is 7.04. The van der Waals surface area contributed by atoms with E-state index in [9.17, 15) is 5.11 Å². The van der Waals surface area contributed by atoms with E-state index in [1.165, 1.54) is 16.7 Å². The van der Waals surface area contributed by atoms with Crippen molar-refractivity contribution in [3.8, 4) is 10.6 Å². The van der Waals surface area contributed by atoms with Crippen molar-refractivity contribution in [3.63, 3.8) is 0 Å². The minimum absolute atomic E-state index is 0.275. The molecular weight excluding hydrogens is 388 g/mol. The molecule has 1 aliphatic carbocycles. The smallest absolute Gasteiger partial charge is 0.126 e. The van der Waals surface area contributed by atoms with Gasteiger partial charge in [-0.15, -0.1) is 11.3 Å². The van der Waals surface area contributed by atoms with E-state index >= 15 is 0 Å². The Labute approximate surface area is 183 Å². The van der Waals surface area contributed by atoms with Gasteiger partial charge in [-0.25, -0.2) is 4.98 Å². The summed E-state index contributed by atoms with van der Waals surface area (Å²) in [5.74, 6) is 0.275. The number of nitrogens with zero attached hydrogens (tertiary/aromatic N) is 2. The first-order valence-corrected chi connectivity index (χ1v) is 11.4. The maximum Gasteiger partial charge on any atom is 0.126 e. The quantitative estimate of drug-likeness (QED) is 0.553. The Morgan fingerprint density at radius 1 is 1.30 bits per heavy atom. The normalized spacial score (nSPS) is 16.0. The average Bonchev–Trinajstić information content (AvgIpc) is 3.47. The lowest BCUT2D eigenvalue weighted by atomic mass is 9.95. The monoisotopic (exact) mass is 418 g/mol. The summed E-state index contributed by atoms with van der Waals surface area (Å²) in [6.45, 7) is 12.0. The molecule has 2 heterocycles. The van der Waals surface area contributed by atoms with Crippen LogP contribution in [0.1, 0.15) is 59.1 Å². The van der Waals surface area contributed by atoms with Crippen LogP contribution in [-0.4, -0.2) is 15.1 Å². The third kappa shape index (κ3) is 4.88. The molecule has 30 heavy (non-hydrogen) atoms. The summed E-state index contributed by atoms with van der Waals surface area (Å²) in [6, 6.07) is 2.01. The molecule has 0 unspecified atom stereocenters. The molecule has 0 aromatic carbocycles. The Morgan fingerprint density at radius 3 is 2.67 bits per heavy atom. The van der Waals surface area contributed by atoms with Crippen LogP contribution in [0.5, 0.6) is 0 Å². The zero-order valence-corrected chi connectivity index (χ0v) is 19.1. The van der Waals surface area contributed by atoms with Gasteiger partial charge in [0.15, 0.2) is 0 Å². The number of hydrogen-bond donors (Lipinski definition) is 1. The molecule has 4 heteroatoms. The number of allylic oxidation sites excluding steroid dienone is 7. The fourth-order valence-electron chi connectivity index (χ4n) is 3.51. The van der Waals surface area contributed by atoms with Crippen LogP contribution in [0.15, 0.2) is 59.7 Å². The molecule has 3 nitrogen and oxygen atoms in total. The van der Waals surface area contributed by atoms with Gasteiger partial charge in [-0.05, 0) is 57.2 Å². The van der Waals surface area contributed by atoms with E-state index in [-0.39, 0.29) is 5.76 Å². The maximum absolute atomic E-state index is 9.96. The second-order valence-electron chi connectivity index (χ2n) is 7.59. The molecule has 1 saturated carbocycles. The zero-order chi connectivity index (χ0) is 21.7. The molecule has 1 N–H and O–H groups in total. The highest BCUT2D eigenvalue weighted by molar-refractivity contribution is 7.13. The minimum Gasteiger partial charge on any atom is -0.512 e. The number of pyridine rings is 1. The number of aromatic nitrogens is 2. The first-order valence-electron chi connectivity index (χ1n) is 10.5. The van der Waals surface area contributed by atoms with Crippen LogP contribution in [0.4, 0.5) is 0 Å². The van der Waals surface area contributed by atoms with Gasteiger partial charge in [0.1, 0.15) is 5.01 Å². The fourth-order valence-corrected chi connectivity index (χ4v) is 4.34. The van der Waals surface area contributed by atoms with E-state index in [2.05, 4.69) is 49.9 Å². The van der Waals surface area contributed by atoms with Crippen LogP contribution in [-0.2, 0) is 0 Å². The molecule has 0 spiro atoms. The SMILES string of the molecule is C=C\C=C/C(=C(\C)CCC)C(=C\C)/c1csc(-c2c/c(=C(/C)O)cnc2=C2CC2)n1. The molecule has 0 amide bonds. The molecule has 3 rings (SSSR count). The summed E-state index contributed by atoms with van der Waals surface area (Å²) >= 11 is 1.63. The first kappa shape index (κ1) is 22.0. The number of aliphatic hydroxyl groups excluding tert-OH is 1. The number of rotatable bonds is 7. The largest absolute Gasteiger partial charge is 0.512 e. The predicted molar refractivity (Wildman–Crippen MR) is 130 cm³/mol. The molecule has 0 atom stereocenters. The standard InChI is InChI=1S/C26H30N2OS/c1-6-9-11-22(17(4)10-7-2)21(8-3)24-16-30-26(28-24)23-14-20(18(5)29)15-27-25(23)19-12-13-19/h6,8-9,11,14-16,29H,1,7,10,12-13H2,2-5H3/b11-9-,20-18+,21-8+,22-17-. The number of aliphatic hydroxyl groups is 1. The summed E-state index contributed by atoms with van der Waals surface area (Å²) in [6.07, 6.45) is 14.1. The van der Waals surface area contributed by atoms with Crippen molar-refractivity contribution in [1.82, 2.24) is 9.97 Å². The van der Waals surface area contributed by atoms with Crippen molar-refractivity contribution in [2.45, 2.75) is 53.4 Å². The maximum atomic E-state index is 9.96. The van der Waals surface area contributed by atoms with E-state index in [4.69, 9.17) is 4.98 Å². The van der Waals surface area contributed by atoms with E-state index < -0.39 is 0 Å². The molecule has 0 bridgehead atoms. The van der Waals surface area contributed by atoms with Crippen molar-refractivity contribution in [1.29, 1.82) is 0 Å². The van der Waals surface area contributed by atoms with Crippen LogP contribution >= 0.6 is 11.3 Å². The summed E-state index contributed by atoms with van der Waals surface area (Å²) in [4.78, 5) is 9.65. The van der Waals surface area contributed by atoms with Crippen LogP contribution in [0.25, 0.3) is 27.5 Å². The number of thiazole rings is 1. The van der Waals surface area contributed by atoms with Crippen LogP contribution in [0, 0.1) is 0 Å². The topological polar surface area (TPSA) is 46.0 Å². The second kappa shape index (κ2) is 9.86. The molecule has 2 aromatic rings. The van der Waals surface area contributed by atoms with Gasteiger partial charge in [0.25, 0.3) is 0 Å². The Morgan fingerprint density at radius 2 is 2.07 bits per heavy atom. The highest BCUT2D eigenvalue weighted by atomic mass is 32.1. The van der Waals surface area contributed by atoms with Gasteiger partial charge in [0.2, 0.25) is 0 Å². The highest BCUT2D eigenvalue weighted by Crippen LogP contribution is 2.33. The molecule has 1 fully saturated rings. The predicted octanol–water partition coefficient (Wildman–Crippen LogP) is 6.10. The van der Waals surface area contributed by atoms with Gasteiger partial charge in [-0.2, -0.15) is 0 Å². The van der Waals surface area contributed by atoms with Gasteiger partial charge in [0.05, 0.1) is 16.8 Å². The molecule has 156 valence electrons. The molecule has 0 aliphatic heterocycles. The second-order valence-corrected chi connectivity index (χ2v) is 8.45. The highest BCUT2D eigenvalue weighted by Gasteiger charge is 2.19. The van der Waals surface area contributed by atoms with E-state index in [0.717, 1.165) is 58.1 Å². The Bertz CT molecular complexity index is 1150. The van der Waals surface area contributed by atoms with Gasteiger partial charge in [-0.3, -0.25) is 4.98 Å². The molecule has 0 radical (unpaired) electrons. The van der Waals surface area contributed by atoms with Gasteiger partial charge in [0, 0.05) is 27.9 Å². The molecular formula is C26H30N2OS. The van der Waals surface area contributed by atoms with Crippen molar-refractivity contribution >= 4 is 28.2 Å². The van der Waals surface area contributed by atoms with Crippen molar-refractivity contribution < 1.29 is 5.11 Å². The third-order valence-corrected chi connectivity index (χ3v) is 6.09. The lowest BCUT2D eigenvalue weighted by Crippen LogP contribution is -2.18. The summed E-state index contributed by atoms with van der Waals surface area (Å²) in [5, 5.41) is 14.8. The van der Waals surface area contributed by atoms with Crippen molar-refractivity contribution in [2.24, 2.45) is 0 Å². The zero-order valence-electron chi connectivity index (χ0n) is 18.3. The third-order valence-electron chi connectivity index (χ3n) is 5.21. The van der Waals surface area contributed by atoms with Crippen LogP contribution in [0.3, 0.4) is 0 Å². The lowest BCUT2D eigenvalue weighted by molar-refractivity contribution is 0.498. The molecule has 2 aromatic heterocycles. The van der Waals surface area contributed by atoms with Gasteiger partial charge in [-0.1, -0.05) is 49.8 Å². The lowest BCUT2D eigenvalue weighted by Gasteiger charge is -2.11. The van der Waals surface area contributed by atoms with Crippen LogP contribution < -0.4 is 10.6 Å². The van der Waals surface area contributed by atoms with Crippen molar-refractivity contribution in [3.05, 3.63) is 75.9 Å². The molecule has 0 saturated heterocycles. The van der Waals surface area contributed by atoms with E-state index in [0.29, 0.717) is 0 Å². The number of hydrogen-bond acceptors (Lipinski definition) is 4. The average molecular weight is 419 g/mol. The molecule has 1 aliphatic rings. The van der Waals surface area contributed by atoms with Gasteiger partial charge < -0.3 is 5.11 Å². The summed E-state index contributed by atoms with van der Waals surface area (Å²) in [7, 11) is 0. The van der Waals surface area contributed by atoms with Crippen LogP contribution in [0.2, 0.25) is 0 Å². The van der Waals surface area contributed by atoms with Crippen molar-refractivity contribution in [2.75, 3.05) is 0 Å². The summed E-state index contributed by atoms with van der Waals surface area (Å²) < 4.78 is 0. The Kier molecular flexibility index (Phi) is 7.22. The Hall–Kier alpha value is -2.72. The minimum atomic E-state index is 0.275. The fraction of sp³-hybridized carbons (Fsp3) is 0.308. The van der Waals surface area contributed by atoms with Gasteiger partial charge >= 0.3 is 0 Å².